The summed E-state index contributed by atoms with van der Waals surface area (Å²) in [6.07, 6.45) is 2.72. The van der Waals surface area contributed by atoms with Gasteiger partial charge >= 0.3 is 0 Å². The molecular formula is C14H21NO. The van der Waals surface area contributed by atoms with Gasteiger partial charge in [-0.05, 0) is 36.4 Å². The van der Waals surface area contributed by atoms with Crippen LogP contribution in [0.25, 0.3) is 0 Å². The molecule has 0 aromatic heterocycles. The molecule has 0 heterocycles. The standard InChI is InChI=1S/C14H21NO/c1-2-15-9-13-5-3-4-6-14(13)11-16-10-12-7-8-12/h3-6,12,15H,2,7-11H2,1H3. The molecule has 16 heavy (non-hydrogen) atoms. The summed E-state index contributed by atoms with van der Waals surface area (Å²) in [6.45, 7) is 5.79. The van der Waals surface area contributed by atoms with E-state index in [2.05, 4.69) is 36.5 Å². The van der Waals surface area contributed by atoms with Gasteiger partial charge in [0, 0.05) is 13.2 Å². The Kier molecular flexibility index (Phi) is 4.37. The van der Waals surface area contributed by atoms with Crippen LogP contribution in [-0.2, 0) is 17.9 Å². The minimum absolute atomic E-state index is 0.762. The number of rotatable bonds is 7. The first-order valence-corrected chi connectivity index (χ1v) is 6.25. The fraction of sp³-hybridized carbons (Fsp3) is 0.571. The van der Waals surface area contributed by atoms with Gasteiger partial charge in [0.2, 0.25) is 0 Å². The molecule has 2 rings (SSSR count). The third-order valence-electron chi connectivity index (χ3n) is 2.99. The Labute approximate surface area is 98.0 Å². The molecule has 1 aliphatic rings. The van der Waals surface area contributed by atoms with Crippen molar-refractivity contribution in [3.8, 4) is 0 Å². The minimum Gasteiger partial charge on any atom is -0.376 e. The summed E-state index contributed by atoms with van der Waals surface area (Å²) in [5.74, 6) is 0.848. The lowest BCUT2D eigenvalue weighted by Gasteiger charge is -2.10. The van der Waals surface area contributed by atoms with Crippen LogP contribution in [-0.4, -0.2) is 13.2 Å². The van der Waals surface area contributed by atoms with Gasteiger partial charge in [-0.15, -0.1) is 0 Å². The van der Waals surface area contributed by atoms with Crippen LogP contribution in [0.15, 0.2) is 24.3 Å². The molecule has 1 N–H and O–H groups in total. The maximum atomic E-state index is 5.74. The van der Waals surface area contributed by atoms with Gasteiger partial charge < -0.3 is 10.1 Å². The number of ether oxygens (including phenoxy) is 1. The average molecular weight is 219 g/mol. The molecule has 88 valence electrons. The highest BCUT2D eigenvalue weighted by Gasteiger charge is 2.21. The second kappa shape index (κ2) is 6.02. The predicted molar refractivity (Wildman–Crippen MR) is 66.2 cm³/mol. The van der Waals surface area contributed by atoms with Crippen LogP contribution in [0.5, 0.6) is 0 Å². The molecule has 0 saturated heterocycles. The van der Waals surface area contributed by atoms with Crippen molar-refractivity contribution in [2.24, 2.45) is 5.92 Å². The van der Waals surface area contributed by atoms with Crippen LogP contribution >= 0.6 is 0 Å². The Hall–Kier alpha value is -0.860. The first kappa shape index (κ1) is 11.6. The zero-order chi connectivity index (χ0) is 11.2. The van der Waals surface area contributed by atoms with Gasteiger partial charge in [0.25, 0.3) is 0 Å². The highest BCUT2D eigenvalue weighted by Crippen LogP contribution is 2.29. The fourth-order valence-corrected chi connectivity index (χ4v) is 1.75. The van der Waals surface area contributed by atoms with E-state index in [0.717, 1.165) is 32.2 Å². The lowest BCUT2D eigenvalue weighted by molar-refractivity contribution is 0.110. The van der Waals surface area contributed by atoms with Crippen molar-refractivity contribution in [3.05, 3.63) is 35.4 Å². The molecule has 0 amide bonds. The maximum Gasteiger partial charge on any atom is 0.0720 e. The van der Waals surface area contributed by atoms with E-state index in [1.807, 2.05) is 0 Å². The Balaban J connectivity index is 1.84. The first-order chi connectivity index (χ1) is 7.90. The monoisotopic (exact) mass is 219 g/mol. The number of nitrogens with one attached hydrogen (secondary N) is 1. The summed E-state index contributed by atoms with van der Waals surface area (Å²) < 4.78 is 5.74. The molecule has 1 aliphatic carbocycles. The third kappa shape index (κ3) is 3.62. The van der Waals surface area contributed by atoms with Gasteiger partial charge in [0.05, 0.1) is 6.61 Å². The minimum atomic E-state index is 0.762. The predicted octanol–water partition coefficient (Wildman–Crippen LogP) is 2.72. The molecule has 2 heteroatoms. The normalized spacial score (nSPS) is 15.3. The summed E-state index contributed by atoms with van der Waals surface area (Å²) in [7, 11) is 0. The van der Waals surface area contributed by atoms with Crippen LogP contribution in [0.2, 0.25) is 0 Å². The van der Waals surface area contributed by atoms with Gasteiger partial charge in [0.1, 0.15) is 0 Å². The second-order valence-corrected chi connectivity index (χ2v) is 4.51. The average Bonchev–Trinajstić information content (AvgIpc) is 3.12. The maximum absolute atomic E-state index is 5.74. The Morgan fingerprint density at radius 1 is 1.25 bits per heavy atom. The largest absolute Gasteiger partial charge is 0.376 e. The lowest BCUT2D eigenvalue weighted by atomic mass is 10.1. The van der Waals surface area contributed by atoms with Gasteiger partial charge in [0.15, 0.2) is 0 Å². The van der Waals surface area contributed by atoms with Gasteiger partial charge in [-0.25, -0.2) is 0 Å². The van der Waals surface area contributed by atoms with Crippen molar-refractivity contribution in [1.82, 2.24) is 5.32 Å². The van der Waals surface area contributed by atoms with Crippen molar-refractivity contribution in [2.75, 3.05) is 13.2 Å². The molecule has 0 unspecified atom stereocenters. The summed E-state index contributed by atoms with van der Waals surface area (Å²) in [5, 5.41) is 3.36. The molecule has 0 spiro atoms. The summed E-state index contributed by atoms with van der Waals surface area (Å²) >= 11 is 0. The van der Waals surface area contributed by atoms with Crippen molar-refractivity contribution < 1.29 is 4.74 Å². The summed E-state index contributed by atoms with van der Waals surface area (Å²) in [4.78, 5) is 0. The van der Waals surface area contributed by atoms with E-state index in [-0.39, 0.29) is 0 Å². The lowest BCUT2D eigenvalue weighted by Crippen LogP contribution is -2.13. The summed E-state index contributed by atoms with van der Waals surface area (Å²) in [6, 6.07) is 8.53. The van der Waals surface area contributed by atoms with E-state index in [1.165, 1.54) is 24.0 Å². The van der Waals surface area contributed by atoms with E-state index in [4.69, 9.17) is 4.74 Å². The topological polar surface area (TPSA) is 21.3 Å². The quantitative estimate of drug-likeness (QED) is 0.761. The fourth-order valence-electron chi connectivity index (χ4n) is 1.75. The summed E-state index contributed by atoms with van der Waals surface area (Å²) in [5.41, 5.74) is 2.68. The Morgan fingerprint density at radius 2 is 2.00 bits per heavy atom. The highest BCUT2D eigenvalue weighted by atomic mass is 16.5. The molecule has 0 bridgehead atoms. The van der Waals surface area contributed by atoms with Crippen molar-refractivity contribution >= 4 is 0 Å². The molecule has 0 atom stereocenters. The third-order valence-corrected chi connectivity index (χ3v) is 2.99. The number of hydrogen-bond donors (Lipinski definition) is 1. The van der Waals surface area contributed by atoms with Crippen molar-refractivity contribution in [3.63, 3.8) is 0 Å². The van der Waals surface area contributed by atoms with Crippen molar-refractivity contribution in [2.45, 2.75) is 32.9 Å². The van der Waals surface area contributed by atoms with Gasteiger partial charge in [-0.3, -0.25) is 0 Å². The van der Waals surface area contributed by atoms with E-state index in [9.17, 15) is 0 Å². The Bertz CT molecular complexity index is 320. The SMILES string of the molecule is CCNCc1ccccc1COCC1CC1. The van der Waals surface area contributed by atoms with E-state index < -0.39 is 0 Å². The zero-order valence-electron chi connectivity index (χ0n) is 10.0. The van der Waals surface area contributed by atoms with Crippen molar-refractivity contribution in [1.29, 1.82) is 0 Å². The molecular weight excluding hydrogens is 198 g/mol. The molecule has 1 saturated carbocycles. The van der Waals surface area contributed by atoms with Crippen LogP contribution in [0.3, 0.4) is 0 Å². The molecule has 1 fully saturated rings. The number of benzene rings is 1. The second-order valence-electron chi connectivity index (χ2n) is 4.51. The first-order valence-electron chi connectivity index (χ1n) is 6.25. The van der Waals surface area contributed by atoms with E-state index in [0.29, 0.717) is 0 Å². The molecule has 1 aromatic rings. The van der Waals surface area contributed by atoms with Gasteiger partial charge in [-0.2, -0.15) is 0 Å². The molecule has 1 aromatic carbocycles. The highest BCUT2D eigenvalue weighted by molar-refractivity contribution is 5.26. The van der Waals surface area contributed by atoms with Crippen LogP contribution in [0.1, 0.15) is 30.9 Å². The van der Waals surface area contributed by atoms with Crippen LogP contribution in [0.4, 0.5) is 0 Å². The number of hydrogen-bond acceptors (Lipinski definition) is 2. The van der Waals surface area contributed by atoms with Crippen LogP contribution < -0.4 is 5.32 Å². The van der Waals surface area contributed by atoms with E-state index in [1.54, 1.807) is 0 Å². The molecule has 2 nitrogen and oxygen atoms in total. The van der Waals surface area contributed by atoms with Crippen LogP contribution in [0, 0.1) is 5.92 Å². The van der Waals surface area contributed by atoms with E-state index >= 15 is 0 Å². The Morgan fingerprint density at radius 3 is 2.69 bits per heavy atom. The van der Waals surface area contributed by atoms with Gasteiger partial charge in [-0.1, -0.05) is 31.2 Å². The zero-order valence-corrected chi connectivity index (χ0v) is 10.0. The molecule has 0 aliphatic heterocycles. The smallest absolute Gasteiger partial charge is 0.0720 e. The molecule has 0 radical (unpaired) electrons.